The van der Waals surface area contributed by atoms with Crippen LogP contribution in [0.2, 0.25) is 0 Å². The first-order valence-electron chi connectivity index (χ1n) is 5.90. The summed E-state index contributed by atoms with van der Waals surface area (Å²) in [4.78, 5) is 0. The molecule has 96 valence electrons. The molecule has 5 heteroatoms. The van der Waals surface area contributed by atoms with E-state index in [0.717, 1.165) is 6.42 Å². The molecule has 0 bridgehead atoms. The summed E-state index contributed by atoms with van der Waals surface area (Å²) >= 11 is 0. The Morgan fingerprint density at radius 3 is 2.19 bits per heavy atom. The maximum Gasteiger partial charge on any atom is 0.392 e. The zero-order valence-electron chi connectivity index (χ0n) is 9.85. The van der Waals surface area contributed by atoms with Crippen molar-refractivity contribution >= 4 is 0 Å². The highest BCUT2D eigenvalue weighted by Crippen LogP contribution is 2.43. The van der Waals surface area contributed by atoms with Crippen LogP contribution in [0, 0.1) is 17.8 Å². The maximum atomic E-state index is 12.9. The standard InChI is InChI=1S/C11H21F3N2/c1-7(2)10(16-15)8-5-3-4-6-9(8)11(12,13)14/h7-10,16H,3-6,15H2,1-2H3. The van der Waals surface area contributed by atoms with Crippen molar-refractivity contribution in [3.63, 3.8) is 0 Å². The molecule has 0 radical (unpaired) electrons. The first kappa shape index (κ1) is 13.8. The second kappa shape index (κ2) is 5.36. The quantitative estimate of drug-likeness (QED) is 0.586. The summed E-state index contributed by atoms with van der Waals surface area (Å²) in [7, 11) is 0. The molecule has 1 aliphatic carbocycles. The lowest BCUT2D eigenvalue weighted by Gasteiger charge is -2.39. The molecule has 1 aliphatic rings. The minimum Gasteiger partial charge on any atom is -0.271 e. The van der Waals surface area contributed by atoms with Crippen LogP contribution in [0.4, 0.5) is 13.2 Å². The predicted octanol–water partition coefficient (Wildman–Crippen LogP) is 2.84. The lowest BCUT2D eigenvalue weighted by molar-refractivity contribution is -0.200. The lowest BCUT2D eigenvalue weighted by atomic mass is 9.72. The van der Waals surface area contributed by atoms with Crippen LogP contribution >= 0.6 is 0 Å². The Morgan fingerprint density at radius 2 is 1.75 bits per heavy atom. The van der Waals surface area contributed by atoms with E-state index in [1.54, 1.807) is 0 Å². The fourth-order valence-electron chi connectivity index (χ4n) is 2.81. The summed E-state index contributed by atoms with van der Waals surface area (Å²) in [5.74, 6) is 3.95. The summed E-state index contributed by atoms with van der Waals surface area (Å²) in [6, 6.07) is -0.244. The van der Waals surface area contributed by atoms with Crippen molar-refractivity contribution < 1.29 is 13.2 Å². The van der Waals surface area contributed by atoms with Gasteiger partial charge < -0.3 is 0 Å². The third-order valence-electron chi connectivity index (χ3n) is 3.61. The summed E-state index contributed by atoms with van der Waals surface area (Å²) < 4.78 is 38.6. The summed E-state index contributed by atoms with van der Waals surface area (Å²) in [6.45, 7) is 3.82. The van der Waals surface area contributed by atoms with Gasteiger partial charge in [0.15, 0.2) is 0 Å². The fourth-order valence-corrected chi connectivity index (χ4v) is 2.81. The van der Waals surface area contributed by atoms with Gasteiger partial charge in [-0.3, -0.25) is 11.3 Å². The Balaban J connectivity index is 2.80. The van der Waals surface area contributed by atoms with Crippen molar-refractivity contribution in [1.29, 1.82) is 0 Å². The Kier molecular flexibility index (Phi) is 4.62. The lowest BCUT2D eigenvalue weighted by Crippen LogP contribution is -2.50. The SMILES string of the molecule is CC(C)C(NN)C1CCCCC1C(F)(F)F. The molecule has 0 saturated heterocycles. The topological polar surface area (TPSA) is 38.0 Å². The van der Waals surface area contributed by atoms with Crippen LogP contribution in [0.1, 0.15) is 39.5 Å². The molecule has 16 heavy (non-hydrogen) atoms. The molecule has 0 aromatic rings. The molecular formula is C11H21F3N2. The number of hydrazine groups is 1. The van der Waals surface area contributed by atoms with Gasteiger partial charge in [-0.25, -0.2) is 0 Å². The Bertz CT molecular complexity index is 216. The van der Waals surface area contributed by atoms with Gasteiger partial charge in [0.25, 0.3) is 0 Å². The van der Waals surface area contributed by atoms with Gasteiger partial charge in [0.1, 0.15) is 0 Å². The Morgan fingerprint density at radius 1 is 1.19 bits per heavy atom. The van der Waals surface area contributed by atoms with Crippen LogP contribution in [-0.4, -0.2) is 12.2 Å². The summed E-state index contributed by atoms with van der Waals surface area (Å²) in [5, 5.41) is 0. The van der Waals surface area contributed by atoms with Crippen molar-refractivity contribution in [3.05, 3.63) is 0 Å². The van der Waals surface area contributed by atoms with E-state index >= 15 is 0 Å². The third kappa shape index (κ3) is 3.10. The van der Waals surface area contributed by atoms with Gasteiger partial charge in [0.2, 0.25) is 0 Å². The van der Waals surface area contributed by atoms with E-state index in [1.807, 2.05) is 13.8 Å². The molecule has 2 nitrogen and oxygen atoms in total. The van der Waals surface area contributed by atoms with E-state index in [1.165, 1.54) is 0 Å². The molecule has 0 aliphatic heterocycles. The monoisotopic (exact) mass is 238 g/mol. The van der Waals surface area contributed by atoms with E-state index in [4.69, 9.17) is 5.84 Å². The van der Waals surface area contributed by atoms with Gasteiger partial charge in [-0.15, -0.1) is 0 Å². The highest BCUT2D eigenvalue weighted by Gasteiger charge is 2.48. The molecule has 0 aromatic carbocycles. The second-order valence-electron chi connectivity index (χ2n) is 5.03. The average molecular weight is 238 g/mol. The average Bonchev–Trinajstić information content (AvgIpc) is 2.17. The molecule has 1 fully saturated rings. The number of hydrogen-bond donors (Lipinski definition) is 2. The Labute approximate surface area is 94.7 Å². The zero-order chi connectivity index (χ0) is 12.3. The molecule has 3 N–H and O–H groups in total. The number of hydrogen-bond acceptors (Lipinski definition) is 2. The fraction of sp³-hybridized carbons (Fsp3) is 1.00. The number of rotatable bonds is 3. The molecule has 1 rings (SSSR count). The van der Waals surface area contributed by atoms with E-state index in [0.29, 0.717) is 12.8 Å². The minimum atomic E-state index is -4.09. The zero-order valence-corrected chi connectivity index (χ0v) is 9.85. The van der Waals surface area contributed by atoms with Crippen LogP contribution in [0.15, 0.2) is 0 Å². The van der Waals surface area contributed by atoms with Gasteiger partial charge in [0, 0.05) is 6.04 Å². The molecule has 0 heterocycles. The highest BCUT2D eigenvalue weighted by atomic mass is 19.4. The number of halogens is 3. The van der Waals surface area contributed by atoms with Crippen molar-refractivity contribution in [2.24, 2.45) is 23.6 Å². The van der Waals surface area contributed by atoms with Gasteiger partial charge in [-0.1, -0.05) is 26.7 Å². The van der Waals surface area contributed by atoms with Crippen LogP contribution in [0.25, 0.3) is 0 Å². The number of nitrogens with one attached hydrogen (secondary N) is 1. The van der Waals surface area contributed by atoms with Crippen molar-refractivity contribution in [2.75, 3.05) is 0 Å². The van der Waals surface area contributed by atoms with Crippen molar-refractivity contribution in [1.82, 2.24) is 5.43 Å². The molecular weight excluding hydrogens is 217 g/mol. The highest BCUT2D eigenvalue weighted by molar-refractivity contribution is 4.88. The first-order chi connectivity index (χ1) is 7.38. The predicted molar refractivity (Wildman–Crippen MR) is 57.5 cm³/mol. The van der Waals surface area contributed by atoms with E-state index < -0.39 is 12.1 Å². The van der Waals surface area contributed by atoms with Crippen LogP contribution in [0.3, 0.4) is 0 Å². The molecule has 3 atom stereocenters. The van der Waals surface area contributed by atoms with E-state index in [-0.39, 0.29) is 24.3 Å². The van der Waals surface area contributed by atoms with Crippen LogP contribution < -0.4 is 11.3 Å². The normalized spacial score (nSPS) is 29.4. The largest absolute Gasteiger partial charge is 0.392 e. The first-order valence-corrected chi connectivity index (χ1v) is 5.90. The second-order valence-corrected chi connectivity index (χ2v) is 5.03. The van der Waals surface area contributed by atoms with Crippen molar-refractivity contribution in [2.45, 2.75) is 51.7 Å². The van der Waals surface area contributed by atoms with Crippen molar-refractivity contribution in [3.8, 4) is 0 Å². The molecule has 3 unspecified atom stereocenters. The Hall–Kier alpha value is -0.290. The minimum absolute atomic E-state index is 0.123. The van der Waals surface area contributed by atoms with Gasteiger partial charge in [-0.2, -0.15) is 13.2 Å². The summed E-state index contributed by atoms with van der Waals surface area (Å²) in [5.41, 5.74) is 2.57. The van der Waals surface area contributed by atoms with Gasteiger partial charge >= 0.3 is 6.18 Å². The maximum absolute atomic E-state index is 12.9. The van der Waals surface area contributed by atoms with Gasteiger partial charge in [0.05, 0.1) is 5.92 Å². The molecule has 1 saturated carbocycles. The molecule has 0 aromatic heterocycles. The summed E-state index contributed by atoms with van der Waals surface area (Å²) in [6.07, 6.45) is -1.66. The molecule has 0 spiro atoms. The number of alkyl halides is 3. The van der Waals surface area contributed by atoms with Crippen LogP contribution in [-0.2, 0) is 0 Å². The molecule has 0 amide bonds. The van der Waals surface area contributed by atoms with Gasteiger partial charge in [-0.05, 0) is 24.7 Å². The van der Waals surface area contributed by atoms with Crippen LogP contribution in [0.5, 0.6) is 0 Å². The van der Waals surface area contributed by atoms with E-state index in [2.05, 4.69) is 5.43 Å². The smallest absolute Gasteiger partial charge is 0.271 e. The number of nitrogens with two attached hydrogens (primary N) is 1. The van der Waals surface area contributed by atoms with E-state index in [9.17, 15) is 13.2 Å². The third-order valence-corrected chi connectivity index (χ3v) is 3.61.